The van der Waals surface area contributed by atoms with E-state index in [-0.39, 0.29) is 24.1 Å². The van der Waals surface area contributed by atoms with E-state index in [0.717, 1.165) is 48.7 Å². The van der Waals surface area contributed by atoms with E-state index in [1.165, 1.54) is 19.3 Å². The molecule has 2 bridgehead atoms. The van der Waals surface area contributed by atoms with Crippen molar-refractivity contribution in [2.24, 2.45) is 5.92 Å². The first kappa shape index (κ1) is 19.7. The van der Waals surface area contributed by atoms with Crippen LogP contribution in [0.4, 0.5) is 0 Å². The molecule has 1 aromatic carbocycles. The first-order chi connectivity index (χ1) is 14.4. The molecule has 3 saturated heterocycles. The van der Waals surface area contributed by atoms with Crippen molar-refractivity contribution in [2.45, 2.75) is 63.2 Å². The van der Waals surface area contributed by atoms with Crippen molar-refractivity contribution in [3.63, 3.8) is 0 Å². The van der Waals surface area contributed by atoms with Crippen molar-refractivity contribution in [1.82, 2.24) is 20.4 Å². The molecule has 1 unspecified atom stereocenters. The molecule has 5 aliphatic rings. The number of piperidine rings is 3. The number of amides is 3. The number of carbonyl (C=O) groups excluding carboxylic acids is 3. The normalized spacial score (nSPS) is 30.3. The summed E-state index contributed by atoms with van der Waals surface area (Å²) in [5, 5.41) is 6.10. The predicted octanol–water partition coefficient (Wildman–Crippen LogP) is 1.41. The Morgan fingerprint density at radius 1 is 1.20 bits per heavy atom. The summed E-state index contributed by atoms with van der Waals surface area (Å²) >= 11 is 0. The van der Waals surface area contributed by atoms with Crippen LogP contribution in [0.25, 0.3) is 0 Å². The highest BCUT2D eigenvalue weighted by atomic mass is 16.2. The molecule has 7 nitrogen and oxygen atoms in total. The van der Waals surface area contributed by atoms with Crippen molar-refractivity contribution < 1.29 is 14.4 Å². The second kappa shape index (κ2) is 7.46. The molecule has 1 atom stereocenters. The fourth-order valence-corrected chi connectivity index (χ4v) is 5.82. The summed E-state index contributed by atoms with van der Waals surface area (Å²) < 4.78 is 0. The van der Waals surface area contributed by atoms with Crippen LogP contribution < -0.4 is 10.6 Å². The SMILES string of the molecule is CN(CCC12CC(CCN1)C2)Cc1cccc2c1C(=O)N(C1CCC(=O)NC1=O)C2. The van der Waals surface area contributed by atoms with Gasteiger partial charge in [0.25, 0.3) is 5.91 Å². The minimum atomic E-state index is -0.559. The maximum atomic E-state index is 13.2. The molecule has 4 heterocycles. The number of nitrogens with one attached hydrogen (secondary N) is 2. The summed E-state index contributed by atoms with van der Waals surface area (Å²) in [6.45, 7) is 3.30. The largest absolute Gasteiger partial charge is 0.322 e. The van der Waals surface area contributed by atoms with Crippen molar-refractivity contribution >= 4 is 17.7 Å². The van der Waals surface area contributed by atoms with Crippen LogP contribution in [-0.2, 0) is 22.7 Å². The van der Waals surface area contributed by atoms with E-state index >= 15 is 0 Å². The molecule has 160 valence electrons. The lowest BCUT2D eigenvalue weighted by Crippen LogP contribution is -2.61. The summed E-state index contributed by atoms with van der Waals surface area (Å²) in [7, 11) is 2.12. The topological polar surface area (TPSA) is 81.8 Å². The average molecular weight is 411 g/mol. The van der Waals surface area contributed by atoms with Gasteiger partial charge in [0.1, 0.15) is 6.04 Å². The lowest BCUT2D eigenvalue weighted by atomic mass is 9.62. The molecule has 4 aliphatic heterocycles. The monoisotopic (exact) mass is 410 g/mol. The van der Waals surface area contributed by atoms with Crippen LogP contribution in [-0.4, -0.2) is 59.2 Å². The molecule has 4 fully saturated rings. The molecule has 1 aliphatic carbocycles. The number of hydrogen-bond acceptors (Lipinski definition) is 5. The Kier molecular flexibility index (Phi) is 4.90. The Morgan fingerprint density at radius 3 is 2.77 bits per heavy atom. The third-order valence-corrected chi connectivity index (χ3v) is 7.46. The van der Waals surface area contributed by atoms with E-state index in [4.69, 9.17) is 0 Å². The van der Waals surface area contributed by atoms with E-state index in [1.54, 1.807) is 4.90 Å². The Hall–Kier alpha value is -2.25. The van der Waals surface area contributed by atoms with E-state index < -0.39 is 6.04 Å². The third kappa shape index (κ3) is 3.44. The molecule has 0 spiro atoms. The maximum Gasteiger partial charge on any atom is 0.255 e. The lowest BCUT2D eigenvalue weighted by molar-refractivity contribution is -0.136. The predicted molar refractivity (Wildman–Crippen MR) is 112 cm³/mol. The van der Waals surface area contributed by atoms with Crippen LogP contribution >= 0.6 is 0 Å². The van der Waals surface area contributed by atoms with Crippen molar-refractivity contribution in [3.8, 4) is 0 Å². The number of nitrogens with zero attached hydrogens (tertiary/aromatic N) is 2. The highest BCUT2D eigenvalue weighted by Gasteiger charge is 2.46. The van der Waals surface area contributed by atoms with Gasteiger partial charge in [0, 0.05) is 30.6 Å². The zero-order valence-corrected chi connectivity index (χ0v) is 17.6. The standard InChI is InChI=1S/C23H30N4O3/c1-26(10-8-23-11-15(12-23)7-9-24-23)13-16-3-2-4-17-14-27(22(30)20(16)17)18-5-6-19(28)25-21(18)29/h2-4,15,18,24H,5-14H2,1H3,(H,25,28,29). The molecular formula is C23H30N4O3. The zero-order valence-electron chi connectivity index (χ0n) is 17.6. The van der Waals surface area contributed by atoms with E-state index in [9.17, 15) is 14.4 Å². The second-order valence-corrected chi connectivity index (χ2v) is 9.61. The van der Waals surface area contributed by atoms with Crippen molar-refractivity contribution in [3.05, 3.63) is 34.9 Å². The average Bonchev–Trinajstić information content (AvgIpc) is 3.04. The van der Waals surface area contributed by atoms with Gasteiger partial charge in [-0.05, 0) is 69.3 Å². The molecule has 0 radical (unpaired) electrons. The molecule has 6 rings (SSSR count). The minimum Gasteiger partial charge on any atom is -0.322 e. The maximum absolute atomic E-state index is 13.2. The molecule has 2 N–H and O–H groups in total. The quantitative estimate of drug-likeness (QED) is 0.693. The summed E-state index contributed by atoms with van der Waals surface area (Å²) in [4.78, 5) is 40.9. The van der Waals surface area contributed by atoms with Crippen molar-refractivity contribution in [2.75, 3.05) is 20.1 Å². The zero-order chi connectivity index (χ0) is 20.9. The van der Waals surface area contributed by atoms with Crippen molar-refractivity contribution in [1.29, 1.82) is 0 Å². The molecular weight excluding hydrogens is 380 g/mol. The van der Waals surface area contributed by atoms with Crippen LogP contribution in [0.2, 0.25) is 0 Å². The van der Waals surface area contributed by atoms with Gasteiger partial charge in [0.2, 0.25) is 11.8 Å². The van der Waals surface area contributed by atoms with Crippen LogP contribution in [0.3, 0.4) is 0 Å². The number of benzene rings is 1. The molecule has 0 aromatic heterocycles. The van der Waals surface area contributed by atoms with Gasteiger partial charge in [-0.1, -0.05) is 18.2 Å². The number of hydrogen-bond donors (Lipinski definition) is 2. The van der Waals surface area contributed by atoms with E-state index in [2.05, 4.69) is 22.6 Å². The summed E-state index contributed by atoms with van der Waals surface area (Å²) in [6.07, 6.45) is 5.76. The summed E-state index contributed by atoms with van der Waals surface area (Å²) in [6, 6.07) is 5.44. The van der Waals surface area contributed by atoms with E-state index in [1.807, 2.05) is 18.2 Å². The molecule has 7 heteroatoms. The van der Waals surface area contributed by atoms with Gasteiger partial charge in [-0.3, -0.25) is 19.7 Å². The fraction of sp³-hybridized carbons (Fsp3) is 0.609. The fourth-order valence-electron chi connectivity index (χ4n) is 5.82. The highest BCUT2D eigenvalue weighted by Crippen LogP contribution is 2.45. The van der Waals surface area contributed by atoms with Gasteiger partial charge in [0.15, 0.2) is 0 Å². The number of imide groups is 1. The van der Waals surface area contributed by atoms with Crippen LogP contribution in [0.5, 0.6) is 0 Å². The molecule has 30 heavy (non-hydrogen) atoms. The Balaban J connectivity index is 1.25. The number of rotatable bonds is 6. The van der Waals surface area contributed by atoms with Crippen LogP contribution in [0.15, 0.2) is 18.2 Å². The van der Waals surface area contributed by atoms with Gasteiger partial charge in [0.05, 0.1) is 0 Å². The summed E-state index contributed by atoms with van der Waals surface area (Å²) in [5.74, 6) is 0.222. The van der Waals surface area contributed by atoms with Gasteiger partial charge >= 0.3 is 0 Å². The van der Waals surface area contributed by atoms with Gasteiger partial charge in [-0.15, -0.1) is 0 Å². The van der Waals surface area contributed by atoms with E-state index in [0.29, 0.717) is 18.5 Å². The molecule has 1 aromatic rings. The lowest BCUT2D eigenvalue weighted by Gasteiger charge is -2.54. The summed E-state index contributed by atoms with van der Waals surface area (Å²) in [5.41, 5.74) is 3.08. The highest BCUT2D eigenvalue weighted by molar-refractivity contribution is 6.05. The van der Waals surface area contributed by atoms with Gasteiger partial charge in [-0.25, -0.2) is 0 Å². The smallest absolute Gasteiger partial charge is 0.255 e. The van der Waals surface area contributed by atoms with Gasteiger partial charge < -0.3 is 15.1 Å². The first-order valence-electron chi connectivity index (χ1n) is 11.1. The Bertz CT molecular complexity index is 887. The Labute approximate surface area is 177 Å². The second-order valence-electron chi connectivity index (χ2n) is 9.61. The Morgan fingerprint density at radius 2 is 2.03 bits per heavy atom. The first-order valence-corrected chi connectivity index (χ1v) is 11.1. The number of fused-ring (bicyclic) bond motifs is 3. The van der Waals surface area contributed by atoms with Crippen LogP contribution in [0, 0.1) is 5.92 Å². The third-order valence-electron chi connectivity index (χ3n) is 7.46. The molecule has 3 amide bonds. The number of carbonyl (C=O) groups is 3. The minimum absolute atomic E-state index is 0.0853. The molecule has 1 saturated carbocycles. The van der Waals surface area contributed by atoms with Crippen LogP contribution in [0.1, 0.15) is 60.0 Å². The van der Waals surface area contributed by atoms with Gasteiger partial charge in [-0.2, -0.15) is 0 Å².